The maximum absolute atomic E-state index is 12.0. The maximum Gasteiger partial charge on any atom is 0.277 e. The van der Waals surface area contributed by atoms with E-state index in [0.29, 0.717) is 20.4 Å². The lowest BCUT2D eigenvalue weighted by atomic mass is 10.2. The molecule has 0 saturated heterocycles. The van der Waals surface area contributed by atoms with E-state index in [-0.39, 0.29) is 12.5 Å². The van der Waals surface area contributed by atoms with E-state index >= 15 is 0 Å². The van der Waals surface area contributed by atoms with Gasteiger partial charge in [0.1, 0.15) is 11.5 Å². The Balaban J connectivity index is 1.87. The van der Waals surface area contributed by atoms with Crippen LogP contribution in [-0.2, 0) is 4.79 Å². The summed E-state index contributed by atoms with van der Waals surface area (Å²) in [4.78, 5) is 14.4. The van der Waals surface area contributed by atoms with Crippen molar-refractivity contribution in [2.24, 2.45) is 5.10 Å². The molecule has 162 valence electrons. The van der Waals surface area contributed by atoms with Crippen LogP contribution in [-0.4, -0.2) is 38.9 Å². The van der Waals surface area contributed by atoms with Gasteiger partial charge in [-0.2, -0.15) is 5.10 Å². The Kier molecular flexibility index (Phi) is 10.2. The molecule has 1 amide bonds. The van der Waals surface area contributed by atoms with Gasteiger partial charge in [0, 0.05) is 18.8 Å². The zero-order valence-electron chi connectivity index (χ0n) is 17.5. The molecule has 6 nitrogen and oxygen atoms in total. The quantitative estimate of drug-likeness (QED) is 0.307. The van der Waals surface area contributed by atoms with Crippen LogP contribution in [0.5, 0.6) is 11.5 Å². The minimum absolute atomic E-state index is 0.164. The topological polar surface area (TPSA) is 63.2 Å². The monoisotopic (exact) mass is 539 g/mol. The van der Waals surface area contributed by atoms with Crippen molar-refractivity contribution in [3.8, 4) is 11.5 Å². The first kappa shape index (κ1) is 24.2. The Morgan fingerprint density at radius 1 is 1.10 bits per heavy atom. The van der Waals surface area contributed by atoms with Crippen LogP contribution in [0.2, 0.25) is 0 Å². The van der Waals surface area contributed by atoms with Crippen molar-refractivity contribution < 1.29 is 14.3 Å². The molecule has 0 unspecified atom stereocenters. The summed E-state index contributed by atoms with van der Waals surface area (Å²) in [5, 5.41) is 4.01. The van der Waals surface area contributed by atoms with Gasteiger partial charge in [-0.3, -0.25) is 4.79 Å². The fourth-order valence-corrected chi connectivity index (χ4v) is 4.20. The molecule has 2 aromatic rings. The van der Waals surface area contributed by atoms with Crippen molar-refractivity contribution in [2.75, 3.05) is 31.7 Å². The van der Waals surface area contributed by atoms with Gasteiger partial charge in [0.2, 0.25) is 0 Å². The largest absolute Gasteiger partial charge is 0.497 e. The predicted octanol–water partition coefficient (Wildman–Crippen LogP) is 5.38. The number of carbonyl (C=O) groups excluding carboxylic acids is 1. The molecule has 2 aromatic carbocycles. The number of hydrazone groups is 1. The Hall–Kier alpha value is -2.06. The highest BCUT2D eigenvalue weighted by molar-refractivity contribution is 9.11. The summed E-state index contributed by atoms with van der Waals surface area (Å²) in [6, 6.07) is 11.7. The van der Waals surface area contributed by atoms with Gasteiger partial charge < -0.3 is 14.4 Å². The molecule has 0 heterocycles. The summed E-state index contributed by atoms with van der Waals surface area (Å²) in [7, 11) is 1.58. The average Bonchev–Trinajstić information content (AvgIpc) is 2.73. The van der Waals surface area contributed by atoms with Gasteiger partial charge in [0.05, 0.1) is 22.3 Å². The smallest absolute Gasteiger partial charge is 0.277 e. The number of methoxy groups -OCH3 is 1. The molecule has 0 aromatic heterocycles. The van der Waals surface area contributed by atoms with Crippen LogP contribution in [0.15, 0.2) is 50.4 Å². The van der Waals surface area contributed by atoms with E-state index < -0.39 is 0 Å². The zero-order chi connectivity index (χ0) is 21.9. The minimum atomic E-state index is -0.352. The number of nitrogens with zero attached hydrogens (tertiary/aromatic N) is 2. The highest BCUT2D eigenvalue weighted by Gasteiger charge is 2.11. The number of ether oxygens (including phenoxy) is 2. The fraction of sp³-hybridized carbons (Fsp3) is 0.364. The van der Waals surface area contributed by atoms with Crippen LogP contribution in [0.3, 0.4) is 0 Å². The molecule has 0 aliphatic rings. The lowest BCUT2D eigenvalue weighted by Gasteiger charge is -2.23. The van der Waals surface area contributed by atoms with Crippen LogP contribution >= 0.6 is 31.9 Å². The number of anilines is 1. The van der Waals surface area contributed by atoms with Crippen LogP contribution in [0.25, 0.3) is 0 Å². The molecule has 0 atom stereocenters. The van der Waals surface area contributed by atoms with Gasteiger partial charge in [-0.25, -0.2) is 5.43 Å². The number of benzene rings is 2. The van der Waals surface area contributed by atoms with Crippen LogP contribution in [0, 0.1) is 0 Å². The van der Waals surface area contributed by atoms with Crippen LogP contribution < -0.4 is 19.8 Å². The van der Waals surface area contributed by atoms with Gasteiger partial charge in [-0.1, -0.05) is 26.0 Å². The summed E-state index contributed by atoms with van der Waals surface area (Å²) in [5.74, 6) is 0.845. The number of amides is 1. The van der Waals surface area contributed by atoms with Crippen LogP contribution in [0.1, 0.15) is 32.3 Å². The summed E-state index contributed by atoms with van der Waals surface area (Å²) in [6.07, 6.45) is 3.84. The second-order valence-corrected chi connectivity index (χ2v) is 8.29. The second-order valence-electron chi connectivity index (χ2n) is 6.58. The van der Waals surface area contributed by atoms with E-state index in [1.165, 1.54) is 5.69 Å². The molecule has 0 bridgehead atoms. The first-order chi connectivity index (χ1) is 14.5. The molecule has 0 spiro atoms. The van der Waals surface area contributed by atoms with Crippen molar-refractivity contribution in [3.63, 3.8) is 0 Å². The molecule has 30 heavy (non-hydrogen) atoms. The van der Waals surface area contributed by atoms with E-state index in [0.717, 1.165) is 31.5 Å². The van der Waals surface area contributed by atoms with Gasteiger partial charge in [-0.15, -0.1) is 0 Å². The molecule has 1 N–H and O–H groups in total. The van der Waals surface area contributed by atoms with E-state index in [1.807, 2.05) is 12.1 Å². The first-order valence-corrected chi connectivity index (χ1v) is 11.4. The summed E-state index contributed by atoms with van der Waals surface area (Å²) in [6.45, 7) is 6.28. The Labute approximate surface area is 194 Å². The summed E-state index contributed by atoms with van der Waals surface area (Å²) < 4.78 is 12.1. The third-order valence-corrected chi connectivity index (χ3v) is 5.38. The van der Waals surface area contributed by atoms with Crippen molar-refractivity contribution >= 4 is 49.7 Å². The average molecular weight is 541 g/mol. The first-order valence-electron chi connectivity index (χ1n) is 9.81. The molecule has 0 fully saturated rings. The predicted molar refractivity (Wildman–Crippen MR) is 129 cm³/mol. The molecule has 2 rings (SSSR count). The van der Waals surface area contributed by atoms with Gasteiger partial charge >= 0.3 is 0 Å². The highest BCUT2D eigenvalue weighted by Crippen LogP contribution is 2.37. The second kappa shape index (κ2) is 12.6. The molecule has 0 saturated carbocycles. The number of hydrogen-bond acceptors (Lipinski definition) is 5. The van der Waals surface area contributed by atoms with Crippen molar-refractivity contribution in [1.82, 2.24) is 5.43 Å². The molecule has 0 aliphatic heterocycles. The Bertz CT molecular complexity index is 828. The van der Waals surface area contributed by atoms with Crippen molar-refractivity contribution in [2.45, 2.75) is 26.7 Å². The molecule has 8 heteroatoms. The maximum atomic E-state index is 12.0. The van der Waals surface area contributed by atoms with E-state index in [9.17, 15) is 4.79 Å². The lowest BCUT2D eigenvalue weighted by Crippen LogP contribution is -2.25. The van der Waals surface area contributed by atoms with Crippen molar-refractivity contribution in [1.29, 1.82) is 0 Å². The number of hydrogen-bond donors (Lipinski definition) is 1. The summed E-state index contributed by atoms with van der Waals surface area (Å²) >= 11 is 6.82. The van der Waals surface area contributed by atoms with Crippen molar-refractivity contribution in [3.05, 3.63) is 50.9 Å². The van der Waals surface area contributed by atoms with E-state index in [4.69, 9.17) is 9.47 Å². The number of halogens is 2. The lowest BCUT2D eigenvalue weighted by molar-refractivity contribution is -0.123. The Morgan fingerprint density at radius 3 is 2.23 bits per heavy atom. The van der Waals surface area contributed by atoms with Gasteiger partial charge in [0.25, 0.3) is 5.91 Å². The van der Waals surface area contributed by atoms with E-state index in [1.54, 1.807) is 25.5 Å². The van der Waals surface area contributed by atoms with E-state index in [2.05, 4.69) is 73.3 Å². The molecule has 0 radical (unpaired) electrons. The Morgan fingerprint density at radius 2 is 1.70 bits per heavy atom. The minimum Gasteiger partial charge on any atom is -0.497 e. The SMILES string of the molecule is CCCN(CCC)c1ccc(/C=N/NC(=O)COc2c(Br)cc(OC)cc2Br)cc1. The molecule has 0 aliphatic carbocycles. The number of nitrogens with one attached hydrogen (secondary N) is 1. The van der Waals surface area contributed by atoms with Gasteiger partial charge in [-0.05, 0) is 74.5 Å². The van der Waals surface area contributed by atoms with Crippen LogP contribution in [0.4, 0.5) is 5.69 Å². The summed E-state index contributed by atoms with van der Waals surface area (Å²) in [5.41, 5.74) is 4.59. The number of carbonyl (C=O) groups is 1. The third-order valence-electron chi connectivity index (χ3n) is 4.20. The molecular formula is C22H27Br2N3O3. The molecular weight excluding hydrogens is 514 g/mol. The standard InChI is InChI=1S/C22H27Br2N3O3/c1-4-10-27(11-5-2)17-8-6-16(7-9-17)14-25-26-21(28)15-30-22-19(23)12-18(29-3)13-20(22)24/h6-9,12-14H,4-5,10-11,15H2,1-3H3,(H,26,28)/b25-14+. The number of rotatable bonds is 11. The third kappa shape index (κ3) is 7.32. The highest BCUT2D eigenvalue weighted by atomic mass is 79.9. The van der Waals surface area contributed by atoms with Gasteiger partial charge in [0.15, 0.2) is 6.61 Å². The fourth-order valence-electron chi connectivity index (χ4n) is 2.82. The normalized spacial score (nSPS) is 10.8. The zero-order valence-corrected chi connectivity index (χ0v) is 20.6.